The van der Waals surface area contributed by atoms with E-state index in [1.165, 1.54) is 5.39 Å². The summed E-state index contributed by atoms with van der Waals surface area (Å²) in [4.78, 5) is 3.16. The maximum Gasteiger partial charge on any atom is 0.0760 e. The van der Waals surface area contributed by atoms with E-state index in [0.29, 0.717) is 5.92 Å². The first-order valence-electron chi connectivity index (χ1n) is 5.76. The van der Waals surface area contributed by atoms with E-state index in [1.807, 2.05) is 30.5 Å². The molecule has 1 fully saturated rings. The second-order valence-electron chi connectivity index (χ2n) is 4.68. The van der Waals surface area contributed by atoms with Gasteiger partial charge in [0.15, 0.2) is 0 Å². The monoisotopic (exact) mass is 252 g/mol. The number of fused-ring (bicyclic) bond motifs is 1. The summed E-state index contributed by atoms with van der Waals surface area (Å²) < 4.78 is 0. The molecule has 0 bridgehead atoms. The topological polar surface area (TPSA) is 62.0 Å². The average Bonchev–Trinajstić information content (AvgIpc) is 3.05. The molecule has 3 nitrogen and oxygen atoms in total. The van der Waals surface area contributed by atoms with Crippen LogP contribution < -0.4 is 5.73 Å². The molecule has 0 amide bonds. The fourth-order valence-corrected chi connectivity index (χ4v) is 2.20. The van der Waals surface area contributed by atoms with Crippen molar-refractivity contribution in [3.63, 3.8) is 0 Å². The van der Waals surface area contributed by atoms with Gasteiger partial charge in [0.25, 0.3) is 0 Å². The quantitative estimate of drug-likeness (QED) is 0.785. The van der Waals surface area contributed by atoms with E-state index in [-0.39, 0.29) is 18.4 Å². The van der Waals surface area contributed by atoms with Gasteiger partial charge in [-0.25, -0.2) is 0 Å². The first-order valence-corrected chi connectivity index (χ1v) is 5.76. The van der Waals surface area contributed by atoms with Crippen molar-refractivity contribution in [2.45, 2.75) is 25.0 Å². The van der Waals surface area contributed by atoms with Crippen molar-refractivity contribution in [1.29, 1.82) is 0 Å². The average molecular weight is 253 g/mol. The van der Waals surface area contributed by atoms with Crippen LogP contribution in [0.15, 0.2) is 30.5 Å². The Kier molecular flexibility index (Phi) is 3.43. The zero-order valence-corrected chi connectivity index (χ0v) is 10.3. The molecule has 0 unspecified atom stereocenters. The molecule has 1 aromatic carbocycles. The second-order valence-corrected chi connectivity index (χ2v) is 4.68. The molecule has 0 spiro atoms. The Morgan fingerprint density at radius 1 is 1.29 bits per heavy atom. The Morgan fingerprint density at radius 2 is 2.06 bits per heavy atom. The predicted molar refractivity (Wildman–Crippen MR) is 71.2 cm³/mol. The molecule has 1 aliphatic carbocycles. The lowest BCUT2D eigenvalue weighted by Gasteiger charge is -2.18. The van der Waals surface area contributed by atoms with Gasteiger partial charge in [0.1, 0.15) is 0 Å². The van der Waals surface area contributed by atoms with Gasteiger partial charge in [-0.15, -0.1) is 12.4 Å². The summed E-state index contributed by atoms with van der Waals surface area (Å²) in [7, 11) is 0. The van der Waals surface area contributed by atoms with Crippen molar-refractivity contribution in [2.24, 2.45) is 11.7 Å². The Morgan fingerprint density at radius 3 is 2.76 bits per heavy atom. The molecule has 2 aromatic rings. The smallest absolute Gasteiger partial charge is 0.0760 e. The van der Waals surface area contributed by atoms with Crippen molar-refractivity contribution in [1.82, 2.24) is 4.98 Å². The number of nitrogens with one attached hydrogen (secondary N) is 1. The maximum absolute atomic E-state index is 10.00. The molecular weight excluding hydrogens is 236 g/mol. The molecule has 17 heavy (non-hydrogen) atoms. The summed E-state index contributed by atoms with van der Waals surface area (Å²) in [6.07, 6.45) is 3.74. The number of benzene rings is 1. The minimum atomic E-state index is -0.396. The number of hydrogen-bond acceptors (Lipinski definition) is 2. The van der Waals surface area contributed by atoms with E-state index in [2.05, 4.69) is 4.98 Å². The third-order valence-electron chi connectivity index (χ3n) is 3.44. The van der Waals surface area contributed by atoms with Crippen molar-refractivity contribution in [2.75, 3.05) is 0 Å². The molecule has 1 aromatic heterocycles. The Hall–Kier alpha value is -1.03. The number of aromatic amines is 1. The fourth-order valence-electron chi connectivity index (χ4n) is 2.20. The Balaban J connectivity index is 0.00000108. The van der Waals surface area contributed by atoms with Gasteiger partial charge in [0.05, 0.1) is 12.1 Å². The molecule has 1 saturated carbocycles. The van der Waals surface area contributed by atoms with Crippen LogP contribution in [0, 0.1) is 5.92 Å². The van der Waals surface area contributed by atoms with Gasteiger partial charge in [0.2, 0.25) is 0 Å². The molecule has 4 N–H and O–H groups in total. The first-order chi connectivity index (χ1) is 7.75. The number of aromatic nitrogens is 1. The van der Waals surface area contributed by atoms with Gasteiger partial charge < -0.3 is 15.8 Å². The van der Waals surface area contributed by atoms with E-state index >= 15 is 0 Å². The lowest BCUT2D eigenvalue weighted by atomic mass is 9.98. The highest BCUT2D eigenvalue weighted by atomic mass is 35.5. The number of aliphatic hydroxyl groups is 1. The normalized spacial score (nSPS) is 18.7. The molecule has 92 valence electrons. The van der Waals surface area contributed by atoms with Gasteiger partial charge in [-0.2, -0.15) is 0 Å². The van der Waals surface area contributed by atoms with Crippen LogP contribution in [0.1, 0.15) is 24.4 Å². The molecule has 0 radical (unpaired) electrons. The second kappa shape index (κ2) is 4.69. The zero-order chi connectivity index (χ0) is 11.1. The fraction of sp³-hybridized carbons (Fsp3) is 0.385. The van der Waals surface area contributed by atoms with E-state index < -0.39 is 6.10 Å². The highest BCUT2D eigenvalue weighted by Crippen LogP contribution is 2.37. The highest BCUT2D eigenvalue weighted by molar-refractivity contribution is 5.85. The summed E-state index contributed by atoms with van der Waals surface area (Å²) in [5.74, 6) is 0.411. The van der Waals surface area contributed by atoms with Crippen LogP contribution in [-0.2, 0) is 0 Å². The third-order valence-corrected chi connectivity index (χ3v) is 3.44. The lowest BCUT2D eigenvalue weighted by molar-refractivity contribution is 0.122. The Bertz CT molecular complexity index is 507. The molecule has 3 rings (SSSR count). The van der Waals surface area contributed by atoms with Crippen molar-refractivity contribution in [3.8, 4) is 0 Å². The van der Waals surface area contributed by atoms with E-state index in [4.69, 9.17) is 5.73 Å². The number of halogens is 1. The summed E-state index contributed by atoms with van der Waals surface area (Å²) >= 11 is 0. The number of hydrogen-bond donors (Lipinski definition) is 3. The van der Waals surface area contributed by atoms with Crippen LogP contribution in [0.2, 0.25) is 0 Å². The van der Waals surface area contributed by atoms with Crippen LogP contribution in [0.4, 0.5) is 0 Å². The van der Waals surface area contributed by atoms with Gasteiger partial charge in [-0.05, 0) is 41.8 Å². The standard InChI is InChI=1S/C13H16N2O.ClH/c14-12(13(16)9-2-3-9)10-4-1-8-5-6-15-11(8)7-10;/h1,4-7,9,12-13,15-16H,2-3,14H2;1H/t12-,13+;/m0./s1. The molecule has 0 saturated heterocycles. The van der Waals surface area contributed by atoms with Crippen LogP contribution >= 0.6 is 12.4 Å². The number of H-pyrrole nitrogens is 1. The molecule has 1 heterocycles. The number of rotatable bonds is 3. The van der Waals surface area contributed by atoms with Gasteiger partial charge in [0, 0.05) is 11.7 Å². The molecular formula is C13H17ClN2O. The minimum absolute atomic E-state index is 0. The van der Waals surface area contributed by atoms with Crippen molar-refractivity contribution >= 4 is 23.3 Å². The van der Waals surface area contributed by atoms with Crippen LogP contribution in [0.3, 0.4) is 0 Å². The van der Waals surface area contributed by atoms with E-state index in [9.17, 15) is 5.11 Å². The summed E-state index contributed by atoms with van der Waals surface area (Å²) in [5.41, 5.74) is 8.16. The maximum atomic E-state index is 10.00. The van der Waals surface area contributed by atoms with Crippen molar-refractivity contribution in [3.05, 3.63) is 36.0 Å². The van der Waals surface area contributed by atoms with Crippen molar-refractivity contribution < 1.29 is 5.11 Å². The van der Waals surface area contributed by atoms with Gasteiger partial charge in [-0.3, -0.25) is 0 Å². The predicted octanol–water partition coefficient (Wildman–Crippen LogP) is 2.36. The van der Waals surface area contributed by atoms with Crippen LogP contribution in [0.25, 0.3) is 10.9 Å². The summed E-state index contributed by atoms with van der Waals surface area (Å²) in [6.45, 7) is 0. The molecule has 4 heteroatoms. The number of aliphatic hydroxyl groups excluding tert-OH is 1. The van der Waals surface area contributed by atoms with Crippen LogP contribution in [-0.4, -0.2) is 16.2 Å². The minimum Gasteiger partial charge on any atom is -0.391 e. The highest BCUT2D eigenvalue weighted by Gasteiger charge is 2.34. The van der Waals surface area contributed by atoms with E-state index in [0.717, 1.165) is 23.9 Å². The summed E-state index contributed by atoms with van der Waals surface area (Å²) in [6, 6.07) is 7.85. The SMILES string of the molecule is Cl.N[C@@H](c1ccc2cc[nH]c2c1)[C@H](O)C1CC1. The third kappa shape index (κ3) is 2.32. The summed E-state index contributed by atoms with van der Waals surface area (Å²) in [5, 5.41) is 11.2. The zero-order valence-electron chi connectivity index (χ0n) is 9.47. The number of nitrogens with two attached hydrogens (primary N) is 1. The molecule has 0 aliphatic heterocycles. The molecule has 2 atom stereocenters. The first kappa shape index (κ1) is 12.4. The lowest BCUT2D eigenvalue weighted by Crippen LogP contribution is -2.27. The van der Waals surface area contributed by atoms with Gasteiger partial charge in [-0.1, -0.05) is 12.1 Å². The Labute approximate surface area is 106 Å². The largest absolute Gasteiger partial charge is 0.391 e. The molecule has 1 aliphatic rings. The van der Waals surface area contributed by atoms with E-state index in [1.54, 1.807) is 0 Å². The van der Waals surface area contributed by atoms with Crippen LogP contribution in [0.5, 0.6) is 0 Å². The van der Waals surface area contributed by atoms with Gasteiger partial charge >= 0.3 is 0 Å².